The predicted molar refractivity (Wildman–Crippen MR) is 66.7 cm³/mol. The number of ether oxygens (including phenoxy) is 2. The van der Waals surface area contributed by atoms with Gasteiger partial charge in [0.1, 0.15) is 11.9 Å². The van der Waals surface area contributed by atoms with Gasteiger partial charge in [-0.05, 0) is 25.3 Å². The molecule has 0 aromatic heterocycles. The number of hydrogen-bond donors (Lipinski definition) is 0. The molecule has 2 atom stereocenters. The van der Waals surface area contributed by atoms with Gasteiger partial charge in [0.15, 0.2) is 5.75 Å². The van der Waals surface area contributed by atoms with Gasteiger partial charge >= 0.3 is 5.69 Å². The van der Waals surface area contributed by atoms with Crippen molar-refractivity contribution in [2.45, 2.75) is 37.9 Å². The highest BCUT2D eigenvalue weighted by molar-refractivity contribution is 5.46. The quantitative estimate of drug-likeness (QED) is 0.622. The van der Waals surface area contributed by atoms with Crippen LogP contribution in [0.5, 0.6) is 5.75 Å². The van der Waals surface area contributed by atoms with Gasteiger partial charge in [0.2, 0.25) is 0 Å². The van der Waals surface area contributed by atoms with Crippen LogP contribution in [0, 0.1) is 15.9 Å². The molecule has 1 saturated carbocycles. The molecule has 0 spiro atoms. The zero-order valence-corrected chi connectivity index (χ0v) is 10.7. The smallest absolute Gasteiger partial charge is 0.311 e. The molecule has 19 heavy (non-hydrogen) atoms. The standard InChI is InChI=1S/C13H16FNO4/c1-18-11-4-2-3-5-12(11)19-13-8-9(14)6-7-10(13)15(16)17/h6-8,11-12H,2-5H2,1H3/t11-,12-/m0/s1. The third-order valence-electron chi connectivity index (χ3n) is 3.34. The zero-order valence-electron chi connectivity index (χ0n) is 10.7. The Morgan fingerprint density at radius 2 is 2.00 bits per heavy atom. The summed E-state index contributed by atoms with van der Waals surface area (Å²) in [4.78, 5) is 10.3. The third-order valence-corrected chi connectivity index (χ3v) is 3.34. The van der Waals surface area contributed by atoms with Gasteiger partial charge in [-0.2, -0.15) is 0 Å². The van der Waals surface area contributed by atoms with Gasteiger partial charge in [-0.25, -0.2) is 4.39 Å². The molecule has 2 rings (SSSR count). The normalized spacial score (nSPS) is 23.1. The van der Waals surface area contributed by atoms with E-state index < -0.39 is 10.7 Å². The van der Waals surface area contributed by atoms with Crippen LogP contribution in [-0.4, -0.2) is 24.2 Å². The molecule has 1 aliphatic rings. The van der Waals surface area contributed by atoms with E-state index in [1.165, 1.54) is 0 Å². The van der Waals surface area contributed by atoms with E-state index in [0.717, 1.165) is 43.9 Å². The van der Waals surface area contributed by atoms with Crippen LogP contribution in [0.15, 0.2) is 18.2 Å². The molecule has 0 aliphatic heterocycles. The lowest BCUT2D eigenvalue weighted by Gasteiger charge is -2.30. The summed E-state index contributed by atoms with van der Waals surface area (Å²) in [6, 6.07) is 3.23. The second kappa shape index (κ2) is 5.97. The van der Waals surface area contributed by atoms with E-state index in [4.69, 9.17) is 9.47 Å². The Bertz CT molecular complexity index is 466. The van der Waals surface area contributed by atoms with Crippen molar-refractivity contribution in [2.75, 3.05) is 7.11 Å². The van der Waals surface area contributed by atoms with Crippen LogP contribution in [0.4, 0.5) is 10.1 Å². The molecule has 0 N–H and O–H groups in total. The van der Waals surface area contributed by atoms with Crippen molar-refractivity contribution >= 4 is 5.69 Å². The van der Waals surface area contributed by atoms with Crippen LogP contribution in [0.1, 0.15) is 25.7 Å². The Labute approximate surface area is 110 Å². The minimum absolute atomic E-state index is 0.0287. The van der Waals surface area contributed by atoms with Gasteiger partial charge in [0.25, 0.3) is 0 Å². The monoisotopic (exact) mass is 269 g/mol. The SMILES string of the molecule is CO[C@H]1CCCC[C@@H]1Oc1cc(F)ccc1[N+](=O)[O-]. The van der Waals surface area contributed by atoms with Gasteiger partial charge in [0.05, 0.1) is 11.0 Å². The molecule has 1 aromatic rings. The molecule has 1 fully saturated rings. The Morgan fingerprint density at radius 1 is 1.32 bits per heavy atom. The fourth-order valence-electron chi connectivity index (χ4n) is 2.36. The van der Waals surface area contributed by atoms with E-state index >= 15 is 0 Å². The van der Waals surface area contributed by atoms with Crippen molar-refractivity contribution in [3.05, 3.63) is 34.1 Å². The summed E-state index contributed by atoms with van der Waals surface area (Å²) in [5, 5.41) is 10.9. The average molecular weight is 269 g/mol. The first-order valence-corrected chi connectivity index (χ1v) is 6.25. The third kappa shape index (κ3) is 3.20. The lowest BCUT2D eigenvalue weighted by atomic mass is 9.94. The fraction of sp³-hybridized carbons (Fsp3) is 0.538. The largest absolute Gasteiger partial charge is 0.481 e. The van der Waals surface area contributed by atoms with Crippen LogP contribution in [0.3, 0.4) is 0 Å². The number of nitro benzene ring substituents is 1. The predicted octanol–water partition coefficient (Wildman–Crippen LogP) is 3.07. The highest BCUT2D eigenvalue weighted by atomic mass is 19.1. The first-order chi connectivity index (χ1) is 9.11. The number of nitrogens with zero attached hydrogens (tertiary/aromatic N) is 1. The van der Waals surface area contributed by atoms with Crippen molar-refractivity contribution in [2.24, 2.45) is 0 Å². The fourth-order valence-corrected chi connectivity index (χ4v) is 2.36. The van der Waals surface area contributed by atoms with E-state index in [9.17, 15) is 14.5 Å². The van der Waals surface area contributed by atoms with Crippen molar-refractivity contribution in [1.29, 1.82) is 0 Å². The van der Waals surface area contributed by atoms with E-state index in [1.54, 1.807) is 7.11 Å². The molecular weight excluding hydrogens is 253 g/mol. The molecule has 0 amide bonds. The molecule has 6 heteroatoms. The minimum Gasteiger partial charge on any atom is -0.481 e. The number of nitro groups is 1. The maximum Gasteiger partial charge on any atom is 0.311 e. The number of rotatable bonds is 4. The summed E-state index contributed by atoms with van der Waals surface area (Å²) in [5.41, 5.74) is -0.221. The second-order valence-corrected chi connectivity index (χ2v) is 4.58. The average Bonchev–Trinajstić information content (AvgIpc) is 2.39. The first-order valence-electron chi connectivity index (χ1n) is 6.25. The summed E-state index contributed by atoms with van der Waals surface area (Å²) < 4.78 is 24.2. The highest BCUT2D eigenvalue weighted by Gasteiger charge is 2.29. The Balaban J connectivity index is 2.21. The lowest BCUT2D eigenvalue weighted by Crippen LogP contribution is -2.36. The molecule has 0 radical (unpaired) electrons. The maximum absolute atomic E-state index is 13.2. The lowest BCUT2D eigenvalue weighted by molar-refractivity contribution is -0.386. The van der Waals surface area contributed by atoms with Crippen LogP contribution in [0.25, 0.3) is 0 Å². The van der Waals surface area contributed by atoms with Gasteiger partial charge in [0, 0.05) is 19.2 Å². The Kier molecular flexibility index (Phi) is 4.31. The van der Waals surface area contributed by atoms with E-state index in [2.05, 4.69) is 0 Å². The molecule has 104 valence electrons. The van der Waals surface area contributed by atoms with Crippen LogP contribution in [-0.2, 0) is 4.74 Å². The summed E-state index contributed by atoms with van der Waals surface area (Å²) in [5.74, 6) is -0.579. The van der Waals surface area contributed by atoms with Crippen LogP contribution in [0.2, 0.25) is 0 Å². The summed E-state index contributed by atoms with van der Waals surface area (Å²) >= 11 is 0. The molecular formula is C13H16FNO4. The zero-order chi connectivity index (χ0) is 13.8. The molecule has 1 aromatic carbocycles. The van der Waals surface area contributed by atoms with Crippen molar-refractivity contribution in [3.63, 3.8) is 0 Å². The summed E-state index contributed by atoms with van der Waals surface area (Å²) in [6.45, 7) is 0. The van der Waals surface area contributed by atoms with Gasteiger partial charge < -0.3 is 9.47 Å². The first kappa shape index (κ1) is 13.7. The van der Waals surface area contributed by atoms with E-state index in [0.29, 0.717) is 0 Å². The summed E-state index contributed by atoms with van der Waals surface area (Å²) in [6.07, 6.45) is 3.27. The van der Waals surface area contributed by atoms with Crippen molar-refractivity contribution in [1.82, 2.24) is 0 Å². The maximum atomic E-state index is 13.2. The van der Waals surface area contributed by atoms with Gasteiger partial charge in [-0.15, -0.1) is 0 Å². The van der Waals surface area contributed by atoms with E-state index in [1.807, 2.05) is 0 Å². The number of benzene rings is 1. The van der Waals surface area contributed by atoms with Crippen molar-refractivity contribution < 1.29 is 18.8 Å². The topological polar surface area (TPSA) is 61.6 Å². The minimum atomic E-state index is -0.570. The Hall–Kier alpha value is -1.69. The van der Waals surface area contributed by atoms with Crippen molar-refractivity contribution in [3.8, 4) is 5.75 Å². The number of halogens is 1. The van der Waals surface area contributed by atoms with Crippen LogP contribution < -0.4 is 4.74 Å². The van der Waals surface area contributed by atoms with Crippen LogP contribution >= 0.6 is 0 Å². The highest BCUT2D eigenvalue weighted by Crippen LogP contribution is 2.32. The molecule has 0 unspecified atom stereocenters. The molecule has 5 nitrogen and oxygen atoms in total. The molecule has 1 aliphatic carbocycles. The summed E-state index contributed by atoms with van der Waals surface area (Å²) in [7, 11) is 1.59. The Morgan fingerprint density at radius 3 is 2.63 bits per heavy atom. The van der Waals surface area contributed by atoms with Gasteiger partial charge in [-0.1, -0.05) is 6.42 Å². The molecule has 0 saturated heterocycles. The van der Waals surface area contributed by atoms with Gasteiger partial charge in [-0.3, -0.25) is 10.1 Å². The number of hydrogen-bond acceptors (Lipinski definition) is 4. The van der Waals surface area contributed by atoms with E-state index in [-0.39, 0.29) is 23.6 Å². The molecule has 0 bridgehead atoms. The number of methoxy groups -OCH3 is 1. The molecule has 0 heterocycles. The second-order valence-electron chi connectivity index (χ2n) is 4.58.